The third-order valence-corrected chi connectivity index (χ3v) is 6.03. The van der Waals surface area contributed by atoms with Crippen LogP contribution in [0.15, 0.2) is 59.2 Å². The van der Waals surface area contributed by atoms with Crippen molar-refractivity contribution in [3.8, 4) is 0 Å². The van der Waals surface area contributed by atoms with Gasteiger partial charge in [0.15, 0.2) is 0 Å². The van der Waals surface area contributed by atoms with Crippen LogP contribution in [0.5, 0.6) is 0 Å². The molecule has 0 aromatic heterocycles. The number of carbonyl (C=O) groups is 1. The number of rotatable bonds is 5. The molecule has 1 aliphatic rings. The van der Waals surface area contributed by atoms with Gasteiger partial charge >= 0.3 is 6.09 Å². The van der Waals surface area contributed by atoms with Gasteiger partial charge in [0.2, 0.25) is 0 Å². The molecule has 0 saturated carbocycles. The molecule has 0 aliphatic heterocycles. The molecule has 2 rings (SSSR count). The Balaban J connectivity index is 2.15. The van der Waals surface area contributed by atoms with Crippen molar-refractivity contribution in [2.75, 3.05) is 0 Å². The van der Waals surface area contributed by atoms with Crippen LogP contribution in [0, 0.1) is 12.8 Å². The molecule has 6 heteroatoms. The highest BCUT2D eigenvalue weighted by Crippen LogP contribution is 2.35. The van der Waals surface area contributed by atoms with Crippen LogP contribution in [0.1, 0.15) is 38.7 Å². The van der Waals surface area contributed by atoms with Crippen LogP contribution in [0.4, 0.5) is 4.79 Å². The number of hydrogen-bond acceptors (Lipinski definition) is 4. The van der Waals surface area contributed by atoms with E-state index in [1.165, 1.54) is 17.7 Å². The molecule has 1 aromatic rings. The second-order valence-electron chi connectivity index (χ2n) is 6.86. The van der Waals surface area contributed by atoms with E-state index < -0.39 is 21.7 Å². The fourth-order valence-corrected chi connectivity index (χ4v) is 3.90. The summed E-state index contributed by atoms with van der Waals surface area (Å²) in [5, 5.41) is 0. The molecule has 0 fully saturated rings. The molecule has 0 bridgehead atoms. The molecule has 1 aliphatic carbocycles. The summed E-state index contributed by atoms with van der Waals surface area (Å²) in [6, 6.07) is 6.23. The fraction of sp³-hybridized carbons (Fsp3) is 0.400. The van der Waals surface area contributed by atoms with Crippen LogP contribution in [-0.4, -0.2) is 20.1 Å². The Morgan fingerprint density at radius 2 is 2.00 bits per heavy atom. The predicted octanol–water partition coefficient (Wildman–Crippen LogP) is 4.26. The summed E-state index contributed by atoms with van der Waals surface area (Å²) < 4.78 is 32.2. The molecule has 1 aromatic carbocycles. The van der Waals surface area contributed by atoms with Crippen molar-refractivity contribution in [3.05, 3.63) is 59.9 Å². The van der Waals surface area contributed by atoms with Crippen LogP contribution in [0.3, 0.4) is 0 Å². The van der Waals surface area contributed by atoms with Crippen molar-refractivity contribution < 1.29 is 17.9 Å². The quantitative estimate of drug-likeness (QED) is 0.617. The summed E-state index contributed by atoms with van der Waals surface area (Å²) in [5.41, 5.74) is 3.92. The Labute approximate surface area is 155 Å². The smallest absolute Gasteiger partial charge is 0.422 e. The van der Waals surface area contributed by atoms with Gasteiger partial charge in [0.05, 0.1) is 4.90 Å². The topological polar surface area (TPSA) is 72.5 Å². The van der Waals surface area contributed by atoms with Crippen molar-refractivity contribution in [2.45, 2.75) is 50.5 Å². The van der Waals surface area contributed by atoms with E-state index in [4.69, 9.17) is 4.74 Å². The van der Waals surface area contributed by atoms with E-state index >= 15 is 0 Å². The molecule has 2 unspecified atom stereocenters. The van der Waals surface area contributed by atoms with Crippen molar-refractivity contribution >= 4 is 16.1 Å². The van der Waals surface area contributed by atoms with Crippen LogP contribution in [0.25, 0.3) is 0 Å². The van der Waals surface area contributed by atoms with E-state index in [2.05, 4.69) is 25.3 Å². The molecule has 26 heavy (non-hydrogen) atoms. The third-order valence-electron chi connectivity index (χ3n) is 4.70. The highest BCUT2D eigenvalue weighted by Gasteiger charge is 2.37. The predicted molar refractivity (Wildman–Crippen MR) is 101 cm³/mol. The van der Waals surface area contributed by atoms with Crippen molar-refractivity contribution in [1.29, 1.82) is 0 Å². The van der Waals surface area contributed by atoms with Crippen molar-refractivity contribution in [1.82, 2.24) is 4.72 Å². The lowest BCUT2D eigenvalue weighted by atomic mass is 9.78. The zero-order valence-corrected chi connectivity index (χ0v) is 16.2. The monoisotopic (exact) mass is 375 g/mol. The number of sulfonamides is 1. The third kappa shape index (κ3) is 4.87. The number of allylic oxidation sites excluding steroid dienone is 2. The Morgan fingerprint density at radius 1 is 1.35 bits per heavy atom. The number of carbonyl (C=O) groups excluding carboxylic acids is 1. The van der Waals surface area contributed by atoms with Gasteiger partial charge in [0.25, 0.3) is 10.0 Å². The molecule has 140 valence electrons. The maximum Gasteiger partial charge on any atom is 0.422 e. The van der Waals surface area contributed by atoms with Crippen molar-refractivity contribution in [3.63, 3.8) is 0 Å². The van der Waals surface area contributed by atoms with Crippen LogP contribution in [0.2, 0.25) is 0 Å². The first-order chi connectivity index (χ1) is 12.2. The molecule has 5 nitrogen and oxygen atoms in total. The molecule has 0 saturated heterocycles. The summed E-state index contributed by atoms with van der Waals surface area (Å²) in [4.78, 5) is 12.3. The summed E-state index contributed by atoms with van der Waals surface area (Å²) in [5.74, 6) is 0.0354. The zero-order valence-electron chi connectivity index (χ0n) is 15.4. The molecule has 0 spiro atoms. The average Bonchev–Trinajstić information content (AvgIpc) is 2.55. The fourth-order valence-electron chi connectivity index (χ4n) is 3.03. The Hall–Kier alpha value is -2.30. The van der Waals surface area contributed by atoms with E-state index in [-0.39, 0.29) is 10.8 Å². The van der Waals surface area contributed by atoms with E-state index in [0.29, 0.717) is 0 Å². The van der Waals surface area contributed by atoms with Gasteiger partial charge in [-0.25, -0.2) is 17.9 Å². The minimum absolute atomic E-state index is 0.0113. The van der Waals surface area contributed by atoms with Gasteiger partial charge in [-0.15, -0.1) is 5.73 Å². The lowest BCUT2D eigenvalue weighted by Crippen LogP contribution is -2.43. The van der Waals surface area contributed by atoms with Gasteiger partial charge in [-0.05, 0) is 52.2 Å². The number of aryl methyl sites for hydroxylation is 1. The van der Waals surface area contributed by atoms with Gasteiger partial charge in [-0.3, -0.25) is 0 Å². The number of benzene rings is 1. The zero-order chi connectivity index (χ0) is 19.4. The largest absolute Gasteiger partial charge is 0.437 e. The number of amides is 1. The van der Waals surface area contributed by atoms with E-state index in [0.717, 1.165) is 24.8 Å². The molecule has 2 atom stereocenters. The number of ether oxygens (including phenoxy) is 1. The minimum Gasteiger partial charge on any atom is -0.437 e. The summed E-state index contributed by atoms with van der Waals surface area (Å²) in [6.45, 7) is 9.24. The van der Waals surface area contributed by atoms with Gasteiger partial charge in [-0.2, -0.15) is 0 Å². The summed E-state index contributed by atoms with van der Waals surface area (Å²) in [7, 11) is -3.99. The Morgan fingerprint density at radius 3 is 2.54 bits per heavy atom. The SMILES string of the molecule is C=C=CC(C)(OC(=O)NS(=O)(=O)c1ccc(C)cc1)C1CC=C(C)CC1. The van der Waals surface area contributed by atoms with Crippen LogP contribution in [-0.2, 0) is 14.8 Å². The van der Waals surface area contributed by atoms with Gasteiger partial charge < -0.3 is 4.74 Å². The molecule has 1 amide bonds. The standard InChI is InChI=1S/C20H25NO4S/c1-5-14-20(4,17-10-6-15(2)7-11-17)25-19(22)21-26(23,24)18-12-8-16(3)9-13-18/h6,8-9,12-14,17H,1,7,10-11H2,2-4H3,(H,21,22). The van der Waals surface area contributed by atoms with Crippen LogP contribution < -0.4 is 4.72 Å². The minimum atomic E-state index is -3.99. The second kappa shape index (κ2) is 7.94. The maximum absolute atomic E-state index is 12.4. The van der Waals surface area contributed by atoms with Crippen molar-refractivity contribution in [2.24, 2.45) is 5.92 Å². The van der Waals surface area contributed by atoms with Gasteiger partial charge in [0, 0.05) is 12.0 Å². The molecular weight excluding hydrogens is 350 g/mol. The Kier molecular flexibility index (Phi) is 6.11. The van der Waals surface area contributed by atoms with E-state index in [1.807, 2.05) is 11.6 Å². The summed E-state index contributed by atoms with van der Waals surface area (Å²) >= 11 is 0. The Bertz CT molecular complexity index is 848. The number of hydrogen-bond donors (Lipinski definition) is 1. The first-order valence-corrected chi connectivity index (χ1v) is 10.00. The average molecular weight is 375 g/mol. The van der Waals surface area contributed by atoms with Crippen LogP contribution >= 0.6 is 0 Å². The lowest BCUT2D eigenvalue weighted by molar-refractivity contribution is 0.0161. The summed E-state index contributed by atoms with van der Waals surface area (Å²) in [6.07, 6.45) is 5.20. The van der Waals surface area contributed by atoms with Gasteiger partial charge in [0.1, 0.15) is 5.60 Å². The molecule has 0 radical (unpaired) electrons. The highest BCUT2D eigenvalue weighted by atomic mass is 32.2. The first kappa shape index (κ1) is 20.0. The number of nitrogens with one attached hydrogen (secondary N) is 1. The normalized spacial score (nSPS) is 19.5. The molecular formula is C20H25NO4S. The molecule has 1 N–H and O–H groups in total. The maximum atomic E-state index is 12.4. The second-order valence-corrected chi connectivity index (χ2v) is 8.54. The lowest BCUT2D eigenvalue weighted by Gasteiger charge is -2.35. The van der Waals surface area contributed by atoms with E-state index in [1.54, 1.807) is 25.1 Å². The first-order valence-electron chi connectivity index (χ1n) is 8.51. The van der Waals surface area contributed by atoms with E-state index in [9.17, 15) is 13.2 Å². The molecule has 0 heterocycles. The highest BCUT2D eigenvalue weighted by molar-refractivity contribution is 7.90. The van der Waals surface area contributed by atoms with Gasteiger partial charge in [-0.1, -0.05) is 35.9 Å².